The maximum Gasteiger partial charge on any atom is 0.239 e. The third kappa shape index (κ3) is 5.39. The molecule has 0 unspecified atom stereocenters. The molecule has 0 aromatic heterocycles. The number of aliphatic imine (C=N–C) groups is 1. The lowest BCUT2D eigenvalue weighted by Crippen LogP contribution is -2.32. The molecule has 0 radical (unpaired) electrons. The molecule has 0 aliphatic rings. The minimum absolute atomic E-state index is 0.00458. The Labute approximate surface area is 67.3 Å². The summed E-state index contributed by atoms with van der Waals surface area (Å²) >= 11 is 0. The molecule has 64 valence electrons. The summed E-state index contributed by atoms with van der Waals surface area (Å²) in [5, 5.41) is 2.53. The molecule has 4 nitrogen and oxygen atoms in total. The summed E-state index contributed by atoms with van der Waals surface area (Å²) in [6.07, 6.45) is 1.66. The SMILES string of the molecule is CC/N=C\N(C)CC(=O)NC. The first-order valence-corrected chi connectivity index (χ1v) is 3.61. The minimum atomic E-state index is -0.00458. The first-order valence-electron chi connectivity index (χ1n) is 3.61. The van der Waals surface area contributed by atoms with Gasteiger partial charge >= 0.3 is 0 Å². The lowest BCUT2D eigenvalue weighted by Gasteiger charge is -2.10. The van der Waals surface area contributed by atoms with E-state index in [0.717, 1.165) is 6.54 Å². The lowest BCUT2D eigenvalue weighted by molar-refractivity contribution is -0.120. The van der Waals surface area contributed by atoms with Gasteiger partial charge in [0, 0.05) is 20.6 Å². The van der Waals surface area contributed by atoms with Crippen LogP contribution in [0.4, 0.5) is 0 Å². The maximum atomic E-state index is 10.8. The van der Waals surface area contributed by atoms with Gasteiger partial charge in [-0.2, -0.15) is 0 Å². The maximum absolute atomic E-state index is 10.8. The molecule has 0 bridgehead atoms. The molecule has 0 aliphatic carbocycles. The molecule has 1 amide bonds. The van der Waals surface area contributed by atoms with E-state index < -0.39 is 0 Å². The van der Waals surface area contributed by atoms with Gasteiger partial charge in [-0.1, -0.05) is 0 Å². The van der Waals surface area contributed by atoms with Gasteiger partial charge in [0.25, 0.3) is 0 Å². The predicted molar refractivity (Wildman–Crippen MR) is 45.7 cm³/mol. The lowest BCUT2D eigenvalue weighted by atomic mass is 10.5. The Hall–Kier alpha value is -1.06. The number of hydrogen-bond acceptors (Lipinski definition) is 2. The highest BCUT2D eigenvalue weighted by Gasteiger charge is 1.98. The van der Waals surface area contributed by atoms with E-state index >= 15 is 0 Å². The summed E-state index contributed by atoms with van der Waals surface area (Å²) in [4.78, 5) is 16.5. The van der Waals surface area contributed by atoms with Gasteiger partial charge in [0.15, 0.2) is 0 Å². The number of nitrogens with one attached hydrogen (secondary N) is 1. The van der Waals surface area contributed by atoms with Crippen LogP contribution >= 0.6 is 0 Å². The Morgan fingerprint density at radius 1 is 1.73 bits per heavy atom. The van der Waals surface area contributed by atoms with Gasteiger partial charge in [-0.3, -0.25) is 9.79 Å². The molecule has 0 aromatic carbocycles. The van der Waals surface area contributed by atoms with Gasteiger partial charge in [0.1, 0.15) is 0 Å². The predicted octanol–water partition coefficient (Wildman–Crippen LogP) is -0.288. The molecule has 0 aromatic rings. The van der Waals surface area contributed by atoms with Crippen LogP contribution in [0.5, 0.6) is 0 Å². The van der Waals surface area contributed by atoms with Crippen molar-refractivity contribution < 1.29 is 4.79 Å². The Kier molecular flexibility index (Phi) is 5.15. The molecule has 0 spiro atoms. The fourth-order valence-electron chi connectivity index (χ4n) is 0.567. The van der Waals surface area contributed by atoms with Gasteiger partial charge in [-0.05, 0) is 6.92 Å². The zero-order chi connectivity index (χ0) is 8.69. The van der Waals surface area contributed by atoms with E-state index in [4.69, 9.17) is 0 Å². The Morgan fingerprint density at radius 3 is 2.82 bits per heavy atom. The third-order valence-electron chi connectivity index (χ3n) is 1.13. The molecule has 0 fully saturated rings. The molecular weight excluding hydrogens is 142 g/mol. The van der Waals surface area contributed by atoms with Crippen molar-refractivity contribution in [2.45, 2.75) is 6.92 Å². The normalized spacial score (nSPS) is 10.1. The van der Waals surface area contributed by atoms with Crippen LogP contribution in [0.25, 0.3) is 0 Å². The van der Waals surface area contributed by atoms with E-state index in [1.165, 1.54) is 0 Å². The van der Waals surface area contributed by atoms with E-state index in [1.807, 2.05) is 14.0 Å². The van der Waals surface area contributed by atoms with Crippen molar-refractivity contribution in [2.24, 2.45) is 4.99 Å². The fraction of sp³-hybridized carbons (Fsp3) is 0.714. The summed E-state index contributed by atoms with van der Waals surface area (Å²) < 4.78 is 0. The van der Waals surface area contributed by atoms with Crippen LogP contribution in [-0.2, 0) is 4.79 Å². The van der Waals surface area contributed by atoms with E-state index in [-0.39, 0.29) is 5.91 Å². The van der Waals surface area contributed by atoms with Crippen molar-refractivity contribution >= 4 is 12.2 Å². The van der Waals surface area contributed by atoms with Gasteiger partial charge < -0.3 is 10.2 Å². The smallest absolute Gasteiger partial charge is 0.239 e. The molecule has 0 aliphatic heterocycles. The van der Waals surface area contributed by atoms with Crippen molar-refractivity contribution in [2.75, 3.05) is 27.2 Å². The zero-order valence-corrected chi connectivity index (χ0v) is 7.29. The molecule has 0 rings (SSSR count). The highest BCUT2D eigenvalue weighted by atomic mass is 16.1. The van der Waals surface area contributed by atoms with Crippen LogP contribution < -0.4 is 5.32 Å². The number of likely N-dealkylation sites (N-methyl/N-ethyl adjacent to an activating group) is 2. The number of rotatable bonds is 4. The Bertz CT molecular complexity index is 145. The zero-order valence-electron chi connectivity index (χ0n) is 7.29. The monoisotopic (exact) mass is 157 g/mol. The molecule has 0 saturated heterocycles. The summed E-state index contributed by atoms with van der Waals surface area (Å²) in [7, 11) is 3.43. The van der Waals surface area contributed by atoms with Crippen LogP contribution in [0.3, 0.4) is 0 Å². The van der Waals surface area contributed by atoms with Crippen molar-refractivity contribution in [3.05, 3.63) is 0 Å². The van der Waals surface area contributed by atoms with Gasteiger partial charge in [-0.25, -0.2) is 0 Å². The van der Waals surface area contributed by atoms with Crippen LogP contribution in [-0.4, -0.2) is 44.3 Å². The van der Waals surface area contributed by atoms with E-state index in [0.29, 0.717) is 6.54 Å². The molecule has 0 heterocycles. The minimum Gasteiger partial charge on any atom is -0.358 e. The van der Waals surface area contributed by atoms with Crippen molar-refractivity contribution in [1.29, 1.82) is 0 Å². The van der Waals surface area contributed by atoms with E-state index in [1.54, 1.807) is 18.3 Å². The van der Waals surface area contributed by atoms with Crippen LogP contribution in [0.2, 0.25) is 0 Å². The van der Waals surface area contributed by atoms with Crippen LogP contribution in [0.15, 0.2) is 4.99 Å². The van der Waals surface area contributed by atoms with Crippen molar-refractivity contribution in [1.82, 2.24) is 10.2 Å². The van der Waals surface area contributed by atoms with Crippen molar-refractivity contribution in [3.8, 4) is 0 Å². The fourth-order valence-corrected chi connectivity index (χ4v) is 0.567. The first-order chi connectivity index (χ1) is 5.20. The highest BCUT2D eigenvalue weighted by molar-refractivity contribution is 5.79. The molecular formula is C7H15N3O. The highest BCUT2D eigenvalue weighted by Crippen LogP contribution is 1.76. The molecule has 4 heteroatoms. The Balaban J connectivity index is 3.59. The molecule has 0 saturated carbocycles. The summed E-state index contributed by atoms with van der Waals surface area (Å²) in [6.45, 7) is 3.06. The van der Waals surface area contributed by atoms with Gasteiger partial charge in [0.2, 0.25) is 5.91 Å². The second-order valence-corrected chi connectivity index (χ2v) is 2.20. The number of carbonyl (C=O) groups is 1. The largest absolute Gasteiger partial charge is 0.358 e. The number of nitrogens with zero attached hydrogens (tertiary/aromatic N) is 2. The number of hydrogen-bond donors (Lipinski definition) is 1. The van der Waals surface area contributed by atoms with Crippen LogP contribution in [0, 0.1) is 0 Å². The van der Waals surface area contributed by atoms with Crippen LogP contribution in [0.1, 0.15) is 6.92 Å². The quantitative estimate of drug-likeness (QED) is 0.450. The summed E-state index contributed by atoms with van der Waals surface area (Å²) in [5.74, 6) is -0.00458. The van der Waals surface area contributed by atoms with Gasteiger partial charge in [-0.15, -0.1) is 0 Å². The first kappa shape index (κ1) is 9.94. The van der Waals surface area contributed by atoms with Crippen molar-refractivity contribution in [3.63, 3.8) is 0 Å². The third-order valence-corrected chi connectivity index (χ3v) is 1.13. The Morgan fingerprint density at radius 2 is 2.36 bits per heavy atom. The topological polar surface area (TPSA) is 44.7 Å². The molecule has 11 heavy (non-hydrogen) atoms. The summed E-state index contributed by atoms with van der Waals surface area (Å²) in [5.41, 5.74) is 0. The summed E-state index contributed by atoms with van der Waals surface area (Å²) in [6, 6.07) is 0. The molecule has 1 N–H and O–H groups in total. The van der Waals surface area contributed by atoms with E-state index in [2.05, 4.69) is 10.3 Å². The average molecular weight is 157 g/mol. The number of amides is 1. The second kappa shape index (κ2) is 5.70. The average Bonchev–Trinajstić information content (AvgIpc) is 2.00. The van der Waals surface area contributed by atoms with Gasteiger partial charge in [0.05, 0.1) is 12.9 Å². The number of carbonyl (C=O) groups excluding carboxylic acids is 1. The second-order valence-electron chi connectivity index (χ2n) is 2.20. The molecule has 0 atom stereocenters. The van der Waals surface area contributed by atoms with E-state index in [9.17, 15) is 4.79 Å². The standard InChI is InChI=1S/C7H15N3O/c1-4-9-6-10(3)5-7(11)8-2/h6H,4-5H2,1-3H3,(H,8,11)/b9-6-.